The Morgan fingerprint density at radius 3 is 2.12 bits per heavy atom. The molecule has 1 amide bonds. The van der Waals surface area contributed by atoms with Crippen molar-refractivity contribution in [3.63, 3.8) is 0 Å². The molecule has 0 saturated heterocycles. The molecule has 2 heterocycles. The summed E-state index contributed by atoms with van der Waals surface area (Å²) in [6.45, 7) is 0.259. The van der Waals surface area contributed by atoms with Gasteiger partial charge in [0.25, 0.3) is 15.9 Å². The highest BCUT2D eigenvalue weighted by Crippen LogP contribution is 2.47. The summed E-state index contributed by atoms with van der Waals surface area (Å²) in [6.07, 6.45) is 0.983. The fourth-order valence-electron chi connectivity index (χ4n) is 6.11. The molecule has 5 aromatic carbocycles. The van der Waals surface area contributed by atoms with Gasteiger partial charge < -0.3 is 9.64 Å². The number of benzene rings is 5. The van der Waals surface area contributed by atoms with Gasteiger partial charge in [0.2, 0.25) is 0 Å². The third kappa shape index (κ3) is 5.76. The van der Waals surface area contributed by atoms with E-state index in [1.807, 2.05) is 60.7 Å². The first-order valence-electron chi connectivity index (χ1n) is 15.2. The molecule has 0 unspecified atom stereocenters. The first-order chi connectivity index (χ1) is 23.2. The molecule has 240 valence electrons. The summed E-state index contributed by atoms with van der Waals surface area (Å²) in [5, 5.41) is 0.907. The summed E-state index contributed by atoms with van der Waals surface area (Å²) in [5.41, 5.74) is 3.83. The van der Waals surface area contributed by atoms with E-state index >= 15 is 0 Å². The van der Waals surface area contributed by atoms with Crippen LogP contribution in [0, 0.1) is 5.82 Å². The Morgan fingerprint density at radius 1 is 0.875 bits per heavy atom. The number of fused-ring (bicyclic) bond motifs is 2. The predicted molar refractivity (Wildman–Crippen MR) is 184 cm³/mol. The second-order valence-corrected chi connectivity index (χ2v) is 13.9. The summed E-state index contributed by atoms with van der Waals surface area (Å²) >= 11 is 6.07. The van der Waals surface area contributed by atoms with Crippen molar-refractivity contribution in [2.75, 3.05) is 11.4 Å². The van der Waals surface area contributed by atoms with Crippen molar-refractivity contribution in [1.82, 2.24) is 9.88 Å². The van der Waals surface area contributed by atoms with Gasteiger partial charge >= 0.3 is 0 Å². The molecule has 7 rings (SSSR count). The van der Waals surface area contributed by atoms with Gasteiger partial charge in [0.15, 0.2) is 5.75 Å². The molecule has 0 bridgehead atoms. The zero-order chi connectivity index (χ0) is 33.4. The number of pyridine rings is 1. The summed E-state index contributed by atoms with van der Waals surface area (Å²) in [5.74, 6) is -0.478. The van der Waals surface area contributed by atoms with Crippen LogP contribution in [-0.4, -0.2) is 31.3 Å². The Balaban J connectivity index is 1.44. The van der Waals surface area contributed by atoms with E-state index in [2.05, 4.69) is 4.98 Å². The molecule has 7 nitrogen and oxygen atoms in total. The normalized spacial score (nSPS) is 12.8. The van der Waals surface area contributed by atoms with E-state index in [1.54, 1.807) is 35.4 Å². The third-order valence-electron chi connectivity index (χ3n) is 8.46. The molecule has 1 aliphatic rings. The maximum absolute atomic E-state index is 14.5. The molecule has 10 heteroatoms. The van der Waals surface area contributed by atoms with Gasteiger partial charge in [0, 0.05) is 42.3 Å². The SMILES string of the molecule is CN(c1c2c(c(OC(c3ccccc3)c3ccccc3)c3ncccc13)C(=O)N(Cc1ccc(F)cc1)C2)S(=O)(=O)c1ccc(Cl)cc1. The molecule has 0 spiro atoms. The number of anilines is 1. The lowest BCUT2D eigenvalue weighted by atomic mass is 9.99. The molecule has 0 fully saturated rings. The van der Waals surface area contributed by atoms with Crippen LogP contribution in [0.1, 0.15) is 38.7 Å². The molecule has 1 aromatic heterocycles. The van der Waals surface area contributed by atoms with Crippen LogP contribution >= 0.6 is 11.6 Å². The van der Waals surface area contributed by atoms with Crippen molar-refractivity contribution in [1.29, 1.82) is 0 Å². The number of hydrogen-bond acceptors (Lipinski definition) is 5. The maximum Gasteiger partial charge on any atom is 0.264 e. The smallest absolute Gasteiger partial charge is 0.264 e. The monoisotopic (exact) mass is 677 g/mol. The summed E-state index contributed by atoms with van der Waals surface area (Å²) in [7, 11) is -2.64. The predicted octanol–water partition coefficient (Wildman–Crippen LogP) is 8.18. The highest BCUT2D eigenvalue weighted by Gasteiger charge is 2.39. The van der Waals surface area contributed by atoms with Crippen molar-refractivity contribution in [3.8, 4) is 5.75 Å². The van der Waals surface area contributed by atoms with Gasteiger partial charge in [-0.3, -0.25) is 14.1 Å². The molecule has 48 heavy (non-hydrogen) atoms. The van der Waals surface area contributed by atoms with Gasteiger partial charge in [-0.05, 0) is 65.2 Å². The van der Waals surface area contributed by atoms with Gasteiger partial charge in [-0.25, -0.2) is 12.8 Å². The zero-order valence-corrected chi connectivity index (χ0v) is 27.3. The number of ether oxygens (including phenoxy) is 1. The molecule has 1 aliphatic heterocycles. The molecular weight excluding hydrogens is 649 g/mol. The fraction of sp³-hybridized carbons (Fsp3) is 0.105. The molecule has 0 radical (unpaired) electrons. The number of hydrogen-bond donors (Lipinski definition) is 0. The lowest BCUT2D eigenvalue weighted by Gasteiger charge is -2.27. The number of carbonyl (C=O) groups is 1. The van der Waals surface area contributed by atoms with E-state index in [4.69, 9.17) is 16.3 Å². The highest BCUT2D eigenvalue weighted by atomic mass is 35.5. The lowest BCUT2D eigenvalue weighted by molar-refractivity contribution is 0.0762. The lowest BCUT2D eigenvalue weighted by Crippen LogP contribution is -2.28. The quantitative estimate of drug-likeness (QED) is 0.154. The van der Waals surface area contributed by atoms with E-state index in [1.165, 1.54) is 47.8 Å². The van der Waals surface area contributed by atoms with Gasteiger partial charge in [-0.1, -0.05) is 84.4 Å². The number of halogens is 2. The van der Waals surface area contributed by atoms with Gasteiger partial charge in [-0.15, -0.1) is 0 Å². The number of rotatable bonds is 9. The Bertz CT molecular complexity index is 2200. The third-order valence-corrected chi connectivity index (χ3v) is 10.5. The van der Waals surface area contributed by atoms with Crippen LogP contribution in [0.5, 0.6) is 5.75 Å². The largest absolute Gasteiger partial charge is 0.478 e. The molecular formula is C38H29ClFN3O4S. The van der Waals surface area contributed by atoms with E-state index in [-0.39, 0.29) is 41.0 Å². The minimum absolute atomic E-state index is 0.0428. The molecule has 0 aliphatic carbocycles. The van der Waals surface area contributed by atoms with Crippen LogP contribution in [0.3, 0.4) is 0 Å². The number of sulfonamides is 1. The Labute approximate surface area is 282 Å². The Hall–Kier alpha value is -5.25. The van der Waals surface area contributed by atoms with Crippen molar-refractivity contribution >= 4 is 44.1 Å². The van der Waals surface area contributed by atoms with Crippen molar-refractivity contribution in [3.05, 3.63) is 166 Å². The zero-order valence-electron chi connectivity index (χ0n) is 25.8. The summed E-state index contributed by atoms with van der Waals surface area (Å²) in [6, 6.07) is 34.7. The maximum atomic E-state index is 14.5. The number of aromatic nitrogens is 1. The molecule has 0 N–H and O–H groups in total. The van der Waals surface area contributed by atoms with Crippen LogP contribution in [-0.2, 0) is 23.1 Å². The minimum Gasteiger partial charge on any atom is -0.478 e. The van der Waals surface area contributed by atoms with Crippen LogP contribution in [0.4, 0.5) is 10.1 Å². The van der Waals surface area contributed by atoms with Crippen LogP contribution in [0.2, 0.25) is 5.02 Å². The van der Waals surface area contributed by atoms with E-state index in [0.717, 1.165) is 16.7 Å². The average molecular weight is 678 g/mol. The van der Waals surface area contributed by atoms with Gasteiger partial charge in [0.05, 0.1) is 16.1 Å². The van der Waals surface area contributed by atoms with E-state index < -0.39 is 16.1 Å². The highest BCUT2D eigenvalue weighted by molar-refractivity contribution is 7.92. The molecule has 0 saturated carbocycles. The second-order valence-electron chi connectivity index (χ2n) is 11.5. The van der Waals surface area contributed by atoms with Crippen molar-refractivity contribution in [2.24, 2.45) is 0 Å². The summed E-state index contributed by atoms with van der Waals surface area (Å²) in [4.78, 5) is 20.8. The van der Waals surface area contributed by atoms with Gasteiger partial charge in [0.1, 0.15) is 17.4 Å². The Kier molecular flexibility index (Phi) is 8.33. The minimum atomic E-state index is -4.11. The first kappa shape index (κ1) is 31.4. The van der Waals surface area contributed by atoms with E-state index in [9.17, 15) is 17.6 Å². The number of carbonyl (C=O) groups excluding carboxylic acids is 1. The fourth-order valence-corrected chi connectivity index (χ4v) is 7.49. The van der Waals surface area contributed by atoms with Gasteiger partial charge in [-0.2, -0.15) is 0 Å². The second kappa shape index (κ2) is 12.7. The molecule has 0 atom stereocenters. The van der Waals surface area contributed by atoms with E-state index in [0.29, 0.717) is 27.2 Å². The van der Waals surface area contributed by atoms with Crippen molar-refractivity contribution in [2.45, 2.75) is 24.1 Å². The van der Waals surface area contributed by atoms with Crippen LogP contribution < -0.4 is 9.04 Å². The van der Waals surface area contributed by atoms with Crippen LogP contribution in [0.15, 0.2) is 132 Å². The first-order valence-corrected chi connectivity index (χ1v) is 17.0. The molecule has 6 aromatic rings. The average Bonchev–Trinajstić information content (AvgIpc) is 3.43. The van der Waals surface area contributed by atoms with Crippen LogP contribution in [0.25, 0.3) is 10.9 Å². The van der Waals surface area contributed by atoms with Crippen molar-refractivity contribution < 1.29 is 22.3 Å². The standard InChI is InChI=1S/C38H29ClFN3O4S/c1-42(48(45,46)30-20-16-28(39)17-21-30)35-31-13-8-22-41-34(31)37(47-36(26-9-4-2-5-10-26)27-11-6-3-7-12-27)33-32(35)24-43(38(33)44)23-25-14-18-29(40)19-15-25/h2-22,36H,23-24H2,1H3. The summed E-state index contributed by atoms with van der Waals surface area (Å²) < 4.78 is 50.1. The Morgan fingerprint density at radius 2 is 1.50 bits per heavy atom. The number of nitrogens with zero attached hydrogens (tertiary/aromatic N) is 3. The topological polar surface area (TPSA) is 79.8 Å². The number of amides is 1.